The van der Waals surface area contributed by atoms with Crippen LogP contribution in [0.2, 0.25) is 0 Å². The predicted molar refractivity (Wildman–Crippen MR) is 131 cm³/mol. The Morgan fingerprint density at radius 2 is 1.80 bits per heavy atom. The smallest absolute Gasteiger partial charge is 0.256 e. The van der Waals surface area contributed by atoms with E-state index < -0.39 is 17.5 Å². The van der Waals surface area contributed by atoms with Gasteiger partial charge in [0.15, 0.2) is 17.0 Å². The molecule has 0 unspecified atom stereocenters. The largest absolute Gasteiger partial charge is 0.490 e. The average molecular weight is 474 g/mol. The third-order valence-corrected chi connectivity index (χ3v) is 6.97. The van der Waals surface area contributed by atoms with Crippen LogP contribution in [0.3, 0.4) is 0 Å². The number of nitro groups is 1. The summed E-state index contributed by atoms with van der Waals surface area (Å²) in [6, 6.07) is 21.3. The van der Waals surface area contributed by atoms with Gasteiger partial charge in [-0.1, -0.05) is 54.6 Å². The SMILES string of the molecule is CCOc1cc([C@@H]2CN(C)[C@]3(C(=O)Nc4ccccc43)[C@@H]2[N+](=O)[O-])ccc1OCc1ccccc1. The van der Waals surface area contributed by atoms with Crippen LogP contribution in [0.4, 0.5) is 5.69 Å². The van der Waals surface area contributed by atoms with Crippen LogP contribution in [0.1, 0.15) is 29.5 Å². The first-order valence-corrected chi connectivity index (χ1v) is 11.7. The first-order valence-electron chi connectivity index (χ1n) is 11.7. The third-order valence-electron chi connectivity index (χ3n) is 6.97. The standard InChI is InChI=1S/C27H27N3O5/c1-3-34-24-15-19(13-14-23(24)35-17-18-9-5-4-6-10-18)20-16-29(2)27(25(20)30(32)33)21-11-7-8-12-22(21)28-26(27)31/h4-15,20,25H,3,16-17H2,1-2H3,(H,28,31)/t20-,25+,27-/m0/s1. The summed E-state index contributed by atoms with van der Waals surface area (Å²) < 4.78 is 11.9. The van der Waals surface area contributed by atoms with E-state index in [2.05, 4.69) is 5.32 Å². The third kappa shape index (κ3) is 3.70. The van der Waals surface area contributed by atoms with Gasteiger partial charge in [0.05, 0.1) is 12.5 Å². The molecule has 0 aliphatic carbocycles. The van der Waals surface area contributed by atoms with Crippen molar-refractivity contribution in [2.45, 2.75) is 31.0 Å². The Hall–Kier alpha value is -3.91. The van der Waals surface area contributed by atoms with Gasteiger partial charge in [-0.15, -0.1) is 0 Å². The van der Waals surface area contributed by atoms with Gasteiger partial charge in [-0.25, -0.2) is 0 Å². The number of hydrogen-bond donors (Lipinski definition) is 1. The summed E-state index contributed by atoms with van der Waals surface area (Å²) in [6.07, 6.45) is 0. The first kappa shape index (κ1) is 22.9. The highest BCUT2D eigenvalue weighted by Crippen LogP contribution is 2.52. The lowest BCUT2D eigenvalue weighted by Gasteiger charge is -2.30. The minimum absolute atomic E-state index is 0.310. The number of hydrogen-bond acceptors (Lipinski definition) is 6. The Morgan fingerprint density at radius 3 is 2.54 bits per heavy atom. The topological polar surface area (TPSA) is 93.9 Å². The molecule has 8 heteroatoms. The second-order valence-corrected chi connectivity index (χ2v) is 8.90. The molecule has 2 aliphatic rings. The number of nitrogens with one attached hydrogen (secondary N) is 1. The molecule has 35 heavy (non-hydrogen) atoms. The molecule has 2 heterocycles. The van der Waals surface area contributed by atoms with Crippen molar-refractivity contribution in [2.24, 2.45) is 0 Å². The molecule has 0 bridgehead atoms. The van der Waals surface area contributed by atoms with Crippen molar-refractivity contribution < 1.29 is 19.2 Å². The van der Waals surface area contributed by atoms with E-state index in [0.29, 0.717) is 42.5 Å². The summed E-state index contributed by atoms with van der Waals surface area (Å²) in [5.41, 5.74) is 1.65. The second kappa shape index (κ2) is 9.03. The van der Waals surface area contributed by atoms with Crippen molar-refractivity contribution in [3.63, 3.8) is 0 Å². The second-order valence-electron chi connectivity index (χ2n) is 8.90. The van der Waals surface area contributed by atoms with Crippen LogP contribution in [0.25, 0.3) is 0 Å². The number of amides is 1. The van der Waals surface area contributed by atoms with Gasteiger partial charge >= 0.3 is 0 Å². The lowest BCUT2D eigenvalue weighted by molar-refractivity contribution is -0.534. The summed E-state index contributed by atoms with van der Waals surface area (Å²) in [7, 11) is 1.78. The van der Waals surface area contributed by atoms with E-state index in [0.717, 1.165) is 11.1 Å². The summed E-state index contributed by atoms with van der Waals surface area (Å²) in [6.45, 7) is 3.03. The molecule has 0 aromatic heterocycles. The van der Waals surface area contributed by atoms with Crippen molar-refractivity contribution in [2.75, 3.05) is 25.5 Å². The summed E-state index contributed by atoms with van der Waals surface area (Å²) >= 11 is 0. The number of benzene rings is 3. The number of likely N-dealkylation sites (tertiary alicyclic amines) is 1. The molecule has 1 saturated heterocycles. The van der Waals surface area contributed by atoms with Gasteiger partial charge in [-0.3, -0.25) is 19.8 Å². The number of likely N-dealkylation sites (N-methyl/N-ethyl adjacent to an activating group) is 1. The zero-order valence-corrected chi connectivity index (χ0v) is 19.6. The highest BCUT2D eigenvalue weighted by Gasteiger charge is 2.68. The van der Waals surface area contributed by atoms with Crippen molar-refractivity contribution in [3.05, 3.63) is 99.6 Å². The van der Waals surface area contributed by atoms with Crippen LogP contribution in [0.5, 0.6) is 11.5 Å². The molecule has 1 spiro atoms. The van der Waals surface area contributed by atoms with Crippen LogP contribution in [0, 0.1) is 10.1 Å². The lowest BCUT2D eigenvalue weighted by Crippen LogP contribution is -2.54. The Balaban J connectivity index is 1.51. The zero-order chi connectivity index (χ0) is 24.6. The summed E-state index contributed by atoms with van der Waals surface area (Å²) in [5, 5.41) is 15.4. The molecule has 0 saturated carbocycles. The molecular formula is C27H27N3O5. The number of ether oxygens (including phenoxy) is 2. The maximum atomic E-state index is 13.3. The quantitative estimate of drug-likeness (QED) is 0.409. The number of carbonyl (C=O) groups is 1. The molecule has 3 aromatic rings. The van der Waals surface area contributed by atoms with Crippen LogP contribution in [-0.2, 0) is 16.9 Å². The Bertz CT molecular complexity index is 1260. The van der Waals surface area contributed by atoms with E-state index in [-0.39, 0.29) is 10.8 Å². The maximum absolute atomic E-state index is 13.3. The van der Waals surface area contributed by atoms with E-state index in [4.69, 9.17) is 9.47 Å². The van der Waals surface area contributed by atoms with E-state index in [1.807, 2.05) is 66.4 Å². The van der Waals surface area contributed by atoms with Crippen molar-refractivity contribution >= 4 is 11.6 Å². The Morgan fingerprint density at radius 1 is 1.06 bits per heavy atom. The van der Waals surface area contributed by atoms with E-state index in [9.17, 15) is 14.9 Å². The van der Waals surface area contributed by atoms with E-state index >= 15 is 0 Å². The van der Waals surface area contributed by atoms with E-state index in [1.165, 1.54) is 0 Å². The molecular weight excluding hydrogens is 446 g/mol. The van der Waals surface area contributed by atoms with Crippen LogP contribution < -0.4 is 14.8 Å². The molecule has 1 fully saturated rings. The predicted octanol–water partition coefficient (Wildman–Crippen LogP) is 4.19. The molecule has 3 aromatic carbocycles. The lowest BCUT2D eigenvalue weighted by atomic mass is 9.79. The van der Waals surface area contributed by atoms with Gasteiger partial charge in [-0.2, -0.15) is 0 Å². The highest BCUT2D eigenvalue weighted by molar-refractivity contribution is 6.06. The number of rotatable bonds is 7. The number of fused-ring (bicyclic) bond motifs is 2. The van der Waals surface area contributed by atoms with Crippen LogP contribution in [-0.4, -0.2) is 42.0 Å². The van der Waals surface area contributed by atoms with Gasteiger partial charge < -0.3 is 14.8 Å². The molecule has 180 valence electrons. The molecule has 1 amide bonds. The fourth-order valence-corrected chi connectivity index (χ4v) is 5.46. The number of nitrogens with zero attached hydrogens (tertiary/aromatic N) is 2. The Labute approximate surface area is 203 Å². The Kier molecular flexibility index (Phi) is 5.90. The molecule has 8 nitrogen and oxygen atoms in total. The molecule has 1 N–H and O–H groups in total. The van der Waals surface area contributed by atoms with Gasteiger partial charge in [0.25, 0.3) is 11.9 Å². The van der Waals surface area contributed by atoms with Crippen molar-refractivity contribution in [3.8, 4) is 11.5 Å². The highest BCUT2D eigenvalue weighted by atomic mass is 16.6. The molecule has 2 aliphatic heterocycles. The monoisotopic (exact) mass is 473 g/mol. The minimum atomic E-state index is -1.38. The minimum Gasteiger partial charge on any atom is -0.490 e. The summed E-state index contributed by atoms with van der Waals surface area (Å²) in [5.74, 6) is 0.220. The number of para-hydroxylation sites is 1. The number of anilines is 1. The fourth-order valence-electron chi connectivity index (χ4n) is 5.46. The summed E-state index contributed by atoms with van der Waals surface area (Å²) in [4.78, 5) is 27.3. The first-order chi connectivity index (χ1) is 17.0. The van der Waals surface area contributed by atoms with Gasteiger partial charge in [0.2, 0.25) is 0 Å². The molecule has 5 rings (SSSR count). The van der Waals surface area contributed by atoms with Crippen LogP contribution in [0.15, 0.2) is 72.8 Å². The average Bonchev–Trinajstić information content (AvgIpc) is 3.34. The molecule has 0 radical (unpaired) electrons. The number of carbonyl (C=O) groups excluding carboxylic acids is 1. The van der Waals surface area contributed by atoms with Gasteiger partial charge in [0, 0.05) is 22.7 Å². The fraction of sp³-hybridized carbons (Fsp3) is 0.296. The van der Waals surface area contributed by atoms with Gasteiger partial charge in [0.1, 0.15) is 6.61 Å². The van der Waals surface area contributed by atoms with E-state index in [1.54, 1.807) is 25.2 Å². The van der Waals surface area contributed by atoms with Gasteiger partial charge in [-0.05, 0) is 43.3 Å². The van der Waals surface area contributed by atoms with Crippen molar-refractivity contribution in [1.29, 1.82) is 0 Å². The molecule has 3 atom stereocenters. The zero-order valence-electron chi connectivity index (χ0n) is 19.6. The maximum Gasteiger partial charge on any atom is 0.256 e. The normalized spacial score (nSPS) is 23.2. The van der Waals surface area contributed by atoms with Crippen LogP contribution >= 0.6 is 0 Å². The van der Waals surface area contributed by atoms with Crippen molar-refractivity contribution in [1.82, 2.24) is 4.90 Å².